The van der Waals surface area contributed by atoms with Crippen molar-refractivity contribution in [1.29, 1.82) is 0 Å². The molecular weight excluding hydrogens is 352 g/mol. The SMILES string of the molecule is O=CCCCCCOc1cccc2c1C(=O)N(C1CCC(=O)NC1=O)C2=O. The Balaban J connectivity index is 1.73. The monoisotopic (exact) mass is 372 g/mol. The first-order valence-corrected chi connectivity index (χ1v) is 8.95. The zero-order valence-corrected chi connectivity index (χ0v) is 14.7. The summed E-state index contributed by atoms with van der Waals surface area (Å²) in [4.78, 5) is 60.2. The Labute approximate surface area is 155 Å². The van der Waals surface area contributed by atoms with Crippen LogP contribution in [-0.2, 0) is 14.4 Å². The number of rotatable bonds is 8. The molecule has 2 heterocycles. The van der Waals surface area contributed by atoms with Gasteiger partial charge in [0.05, 0.1) is 17.7 Å². The van der Waals surface area contributed by atoms with Crippen LogP contribution in [-0.4, -0.2) is 47.5 Å². The largest absolute Gasteiger partial charge is 0.493 e. The second-order valence-corrected chi connectivity index (χ2v) is 6.49. The van der Waals surface area contributed by atoms with E-state index in [-0.39, 0.29) is 24.0 Å². The van der Waals surface area contributed by atoms with Crippen LogP contribution >= 0.6 is 0 Å². The first-order valence-electron chi connectivity index (χ1n) is 8.95. The molecule has 0 radical (unpaired) electrons. The van der Waals surface area contributed by atoms with E-state index in [0.717, 1.165) is 30.4 Å². The van der Waals surface area contributed by atoms with Gasteiger partial charge in [-0.2, -0.15) is 0 Å². The van der Waals surface area contributed by atoms with E-state index in [0.29, 0.717) is 18.8 Å². The van der Waals surface area contributed by atoms with Gasteiger partial charge in [0.2, 0.25) is 11.8 Å². The average Bonchev–Trinajstić information content (AvgIpc) is 2.90. The van der Waals surface area contributed by atoms with Crippen molar-refractivity contribution in [1.82, 2.24) is 10.2 Å². The highest BCUT2D eigenvalue weighted by atomic mass is 16.5. The van der Waals surface area contributed by atoms with Crippen LogP contribution in [0.25, 0.3) is 0 Å². The lowest BCUT2D eigenvalue weighted by Gasteiger charge is -2.27. The molecule has 0 bridgehead atoms. The molecule has 1 fully saturated rings. The van der Waals surface area contributed by atoms with Crippen molar-refractivity contribution in [3.8, 4) is 5.75 Å². The molecule has 3 rings (SSSR count). The van der Waals surface area contributed by atoms with Crippen LogP contribution in [0.4, 0.5) is 0 Å². The summed E-state index contributed by atoms with van der Waals surface area (Å²) >= 11 is 0. The number of benzene rings is 1. The lowest BCUT2D eigenvalue weighted by molar-refractivity contribution is -0.136. The van der Waals surface area contributed by atoms with Crippen molar-refractivity contribution in [2.24, 2.45) is 0 Å². The van der Waals surface area contributed by atoms with Gasteiger partial charge in [0, 0.05) is 12.8 Å². The van der Waals surface area contributed by atoms with E-state index in [4.69, 9.17) is 4.74 Å². The third-order valence-electron chi connectivity index (χ3n) is 4.65. The minimum atomic E-state index is -0.994. The molecular formula is C19H20N2O6. The van der Waals surface area contributed by atoms with Gasteiger partial charge in [-0.05, 0) is 37.8 Å². The Hall–Kier alpha value is -3.03. The zero-order valence-electron chi connectivity index (χ0n) is 14.7. The molecule has 27 heavy (non-hydrogen) atoms. The number of carbonyl (C=O) groups excluding carboxylic acids is 5. The van der Waals surface area contributed by atoms with Crippen LogP contribution < -0.4 is 10.1 Å². The molecule has 1 N–H and O–H groups in total. The summed E-state index contributed by atoms with van der Waals surface area (Å²) in [5.74, 6) is -1.89. The topological polar surface area (TPSA) is 110 Å². The lowest BCUT2D eigenvalue weighted by atomic mass is 10.0. The van der Waals surface area contributed by atoms with Gasteiger partial charge in [0.25, 0.3) is 11.8 Å². The third kappa shape index (κ3) is 3.74. The Morgan fingerprint density at radius 3 is 2.67 bits per heavy atom. The van der Waals surface area contributed by atoms with Crippen LogP contribution in [0.15, 0.2) is 18.2 Å². The molecule has 1 aromatic rings. The second-order valence-electron chi connectivity index (χ2n) is 6.49. The second kappa shape index (κ2) is 8.11. The van der Waals surface area contributed by atoms with Crippen LogP contribution in [0.3, 0.4) is 0 Å². The third-order valence-corrected chi connectivity index (χ3v) is 4.65. The Morgan fingerprint density at radius 1 is 1.11 bits per heavy atom. The molecule has 1 saturated heterocycles. The zero-order chi connectivity index (χ0) is 19.4. The molecule has 8 nitrogen and oxygen atoms in total. The van der Waals surface area contributed by atoms with Crippen LogP contribution in [0.5, 0.6) is 5.75 Å². The van der Waals surface area contributed by atoms with Gasteiger partial charge < -0.3 is 9.53 Å². The fraction of sp³-hybridized carbons (Fsp3) is 0.421. The number of imide groups is 2. The number of carbonyl (C=O) groups is 5. The van der Waals surface area contributed by atoms with Gasteiger partial charge in [-0.25, -0.2) is 0 Å². The highest BCUT2D eigenvalue weighted by Crippen LogP contribution is 2.33. The Kier molecular flexibility index (Phi) is 5.63. The highest BCUT2D eigenvalue weighted by molar-refractivity contribution is 6.24. The van der Waals surface area contributed by atoms with Crippen LogP contribution in [0.2, 0.25) is 0 Å². The van der Waals surface area contributed by atoms with E-state index < -0.39 is 29.7 Å². The van der Waals surface area contributed by atoms with Crippen LogP contribution in [0, 0.1) is 0 Å². The summed E-state index contributed by atoms with van der Waals surface area (Å²) in [6.45, 7) is 0.356. The number of amides is 4. The molecule has 142 valence electrons. The molecule has 1 aromatic carbocycles. The molecule has 0 saturated carbocycles. The number of unbranched alkanes of at least 4 members (excludes halogenated alkanes) is 3. The number of ether oxygens (including phenoxy) is 1. The van der Waals surface area contributed by atoms with Crippen molar-refractivity contribution in [3.05, 3.63) is 29.3 Å². The number of nitrogens with zero attached hydrogens (tertiary/aromatic N) is 1. The first kappa shape index (κ1) is 18.8. The van der Waals surface area contributed by atoms with Gasteiger partial charge in [-0.3, -0.25) is 29.4 Å². The van der Waals surface area contributed by atoms with E-state index in [1.807, 2.05) is 0 Å². The fourth-order valence-corrected chi connectivity index (χ4v) is 3.29. The summed E-state index contributed by atoms with van der Waals surface area (Å²) in [6, 6.07) is 3.77. The summed E-state index contributed by atoms with van der Waals surface area (Å²) < 4.78 is 5.68. The highest BCUT2D eigenvalue weighted by Gasteiger charge is 2.45. The molecule has 1 atom stereocenters. The smallest absolute Gasteiger partial charge is 0.266 e. The quantitative estimate of drug-likeness (QED) is 0.417. The number of hydrogen-bond donors (Lipinski definition) is 1. The standard InChI is InChI=1S/C19H20N2O6/c22-10-3-1-2-4-11-27-14-7-5-6-12-16(14)19(26)21(18(12)25)13-8-9-15(23)20-17(13)24/h5-7,10,13H,1-4,8-9,11H2,(H,20,23,24). The number of piperidine rings is 1. The van der Waals surface area contributed by atoms with E-state index in [1.165, 1.54) is 6.07 Å². The molecule has 1 unspecified atom stereocenters. The van der Waals surface area contributed by atoms with Gasteiger partial charge in [0.15, 0.2) is 0 Å². The summed E-state index contributed by atoms with van der Waals surface area (Å²) in [5.41, 5.74) is 0.350. The predicted octanol–water partition coefficient (Wildman–Crippen LogP) is 1.23. The van der Waals surface area contributed by atoms with Crippen molar-refractivity contribution >= 4 is 29.9 Å². The Bertz CT molecular complexity index is 803. The van der Waals surface area contributed by atoms with Gasteiger partial charge >= 0.3 is 0 Å². The van der Waals surface area contributed by atoms with Crippen LogP contribution in [0.1, 0.15) is 59.2 Å². The van der Waals surface area contributed by atoms with Gasteiger partial charge in [-0.15, -0.1) is 0 Å². The van der Waals surface area contributed by atoms with Gasteiger partial charge in [0.1, 0.15) is 18.1 Å². The number of nitrogens with one attached hydrogen (secondary N) is 1. The van der Waals surface area contributed by atoms with Crippen molar-refractivity contribution < 1.29 is 28.7 Å². The molecule has 2 aliphatic rings. The minimum absolute atomic E-state index is 0.0773. The molecule has 4 amide bonds. The number of fused-ring (bicyclic) bond motifs is 1. The number of aldehydes is 1. The maximum atomic E-state index is 12.8. The maximum Gasteiger partial charge on any atom is 0.266 e. The maximum absolute atomic E-state index is 12.8. The van der Waals surface area contributed by atoms with Crippen molar-refractivity contribution in [2.45, 2.75) is 44.6 Å². The van der Waals surface area contributed by atoms with E-state index in [1.54, 1.807) is 12.1 Å². The van der Waals surface area contributed by atoms with Gasteiger partial charge in [-0.1, -0.05) is 6.07 Å². The lowest BCUT2D eigenvalue weighted by Crippen LogP contribution is -2.54. The molecule has 0 spiro atoms. The molecule has 0 aliphatic carbocycles. The average molecular weight is 372 g/mol. The molecule has 8 heteroatoms. The summed E-state index contributed by atoms with van der Waals surface area (Å²) in [5, 5.41) is 2.17. The minimum Gasteiger partial charge on any atom is -0.493 e. The van der Waals surface area contributed by atoms with Crippen molar-refractivity contribution in [3.63, 3.8) is 0 Å². The summed E-state index contributed by atoms with van der Waals surface area (Å²) in [7, 11) is 0. The van der Waals surface area contributed by atoms with E-state index in [2.05, 4.69) is 5.32 Å². The Morgan fingerprint density at radius 2 is 1.93 bits per heavy atom. The van der Waals surface area contributed by atoms with E-state index in [9.17, 15) is 24.0 Å². The first-order chi connectivity index (χ1) is 13.0. The molecule has 0 aromatic heterocycles. The fourth-order valence-electron chi connectivity index (χ4n) is 3.29. The number of hydrogen-bond acceptors (Lipinski definition) is 6. The normalized spacial score (nSPS) is 19.1. The summed E-state index contributed by atoms with van der Waals surface area (Å²) in [6.07, 6.45) is 3.89. The van der Waals surface area contributed by atoms with E-state index >= 15 is 0 Å². The predicted molar refractivity (Wildman–Crippen MR) is 93.1 cm³/mol. The van der Waals surface area contributed by atoms with Crippen molar-refractivity contribution in [2.75, 3.05) is 6.61 Å². The molecule has 2 aliphatic heterocycles.